The fourth-order valence-electron chi connectivity index (χ4n) is 4.29. The number of carbonyl (C=O) groups excluding carboxylic acids is 1. The number of fused-ring (bicyclic) bond motifs is 1. The van der Waals surface area contributed by atoms with Gasteiger partial charge < -0.3 is 24.3 Å². The Kier molecular flexibility index (Phi) is 9.63. The first-order chi connectivity index (χ1) is 21.3. The van der Waals surface area contributed by atoms with E-state index in [-0.39, 0.29) is 0 Å². The van der Waals surface area contributed by atoms with E-state index in [1.165, 1.54) is 18.1 Å². The molecule has 5 aromatic rings. The smallest absolute Gasteiger partial charge is 0.324 e. The molecular weight excluding hydrogens is 580 g/mol. The molecule has 0 spiro atoms. The number of benzene rings is 3. The summed E-state index contributed by atoms with van der Waals surface area (Å²) in [6.45, 7) is 4.69. The van der Waals surface area contributed by atoms with Crippen LogP contribution in [0.3, 0.4) is 0 Å². The molecule has 5 rings (SSSR count). The van der Waals surface area contributed by atoms with Crippen molar-refractivity contribution in [2.24, 2.45) is 0 Å². The maximum absolute atomic E-state index is 13.2. The van der Waals surface area contributed by atoms with E-state index in [1.54, 1.807) is 26.0 Å². The molecule has 2 amide bonds. The molecule has 0 atom stereocenters. The molecule has 0 saturated heterocycles. The third-order valence-electron chi connectivity index (χ3n) is 6.81. The summed E-state index contributed by atoms with van der Waals surface area (Å²) in [7, 11) is 4.84. The molecule has 3 aromatic carbocycles. The van der Waals surface area contributed by atoms with Crippen LogP contribution in [0.5, 0.6) is 11.5 Å². The number of urea groups is 1. The predicted molar refractivity (Wildman–Crippen MR) is 170 cm³/mol. The van der Waals surface area contributed by atoms with E-state index >= 15 is 0 Å². The summed E-state index contributed by atoms with van der Waals surface area (Å²) in [5.74, 6) is 1.66. The topological polar surface area (TPSA) is 122 Å². The zero-order valence-corrected chi connectivity index (χ0v) is 26.0. The lowest BCUT2D eigenvalue weighted by Gasteiger charge is -2.19. The number of carbonyl (C=O) groups is 1. The van der Waals surface area contributed by atoms with Gasteiger partial charge >= 0.3 is 6.03 Å². The van der Waals surface area contributed by atoms with E-state index in [1.807, 2.05) is 86.6 Å². The van der Waals surface area contributed by atoms with E-state index in [2.05, 4.69) is 20.6 Å². The fourth-order valence-corrected chi connectivity index (χ4v) is 5.22. The van der Waals surface area contributed by atoms with E-state index in [0.29, 0.717) is 41.9 Å². The Labute approximate surface area is 259 Å². The summed E-state index contributed by atoms with van der Waals surface area (Å²) in [6.07, 6.45) is 1.51. The first kappa shape index (κ1) is 30.8. The number of methoxy groups -OCH3 is 3. The quantitative estimate of drug-likeness (QED) is 0.119. The molecule has 2 heterocycles. The highest BCUT2D eigenvalue weighted by molar-refractivity contribution is 7.99. The molecule has 0 fully saturated rings. The van der Waals surface area contributed by atoms with Gasteiger partial charge in [-0.3, -0.25) is 5.32 Å². The van der Waals surface area contributed by atoms with Crippen molar-refractivity contribution in [1.29, 1.82) is 0 Å². The highest BCUT2D eigenvalue weighted by atomic mass is 32.2. The van der Waals surface area contributed by atoms with Crippen molar-refractivity contribution >= 4 is 40.2 Å². The molecule has 0 bridgehead atoms. The molecule has 0 unspecified atom stereocenters. The van der Waals surface area contributed by atoms with Crippen LogP contribution in [-0.2, 0) is 15.1 Å². The van der Waals surface area contributed by atoms with Crippen molar-refractivity contribution in [3.8, 4) is 17.2 Å². The van der Waals surface area contributed by atoms with Crippen molar-refractivity contribution in [3.63, 3.8) is 0 Å². The van der Waals surface area contributed by atoms with Gasteiger partial charge in [-0.25, -0.2) is 19.4 Å². The number of hydrogen-bond acceptors (Lipinski definition) is 9. The molecular formula is C32H34N6O5S. The number of para-hydroxylation sites is 1. The van der Waals surface area contributed by atoms with Crippen LogP contribution in [0.4, 0.5) is 16.3 Å². The Morgan fingerprint density at radius 1 is 0.909 bits per heavy atom. The first-order valence-electron chi connectivity index (χ1n) is 13.8. The summed E-state index contributed by atoms with van der Waals surface area (Å²) >= 11 is 1.45. The average molecular weight is 615 g/mol. The molecule has 44 heavy (non-hydrogen) atoms. The predicted octanol–water partition coefficient (Wildman–Crippen LogP) is 6.53. The van der Waals surface area contributed by atoms with Crippen LogP contribution in [0.15, 0.2) is 89.0 Å². The Hall–Kier alpha value is -4.65. The minimum Gasteiger partial charge on any atom is -0.493 e. The summed E-state index contributed by atoms with van der Waals surface area (Å²) < 4.78 is 23.8. The van der Waals surface area contributed by atoms with Gasteiger partial charge in [0.25, 0.3) is 0 Å². The second kappa shape index (κ2) is 13.8. The van der Waals surface area contributed by atoms with Crippen molar-refractivity contribution in [2.75, 3.05) is 45.2 Å². The minimum atomic E-state index is -0.647. The second-order valence-corrected chi connectivity index (χ2v) is 11.2. The molecule has 2 aromatic heterocycles. The van der Waals surface area contributed by atoms with Gasteiger partial charge in [0.1, 0.15) is 29.4 Å². The van der Waals surface area contributed by atoms with E-state index in [0.717, 1.165) is 26.5 Å². The minimum absolute atomic E-state index is 0.388. The van der Waals surface area contributed by atoms with Crippen LogP contribution in [-0.4, -0.2) is 60.3 Å². The average Bonchev–Trinajstić information content (AvgIpc) is 3.46. The van der Waals surface area contributed by atoms with Gasteiger partial charge in [-0.15, -0.1) is 0 Å². The van der Waals surface area contributed by atoms with Crippen LogP contribution in [0.25, 0.3) is 16.6 Å². The monoisotopic (exact) mass is 614 g/mol. The molecule has 0 saturated carbocycles. The largest absolute Gasteiger partial charge is 0.493 e. The van der Waals surface area contributed by atoms with Crippen LogP contribution in [0, 0.1) is 0 Å². The Morgan fingerprint density at radius 2 is 1.73 bits per heavy atom. The highest BCUT2D eigenvalue weighted by Crippen LogP contribution is 2.38. The third-order valence-corrected chi connectivity index (χ3v) is 7.82. The number of nitrogens with zero attached hydrogens (tertiary/aromatic N) is 4. The molecule has 12 heteroatoms. The molecule has 0 aliphatic rings. The van der Waals surface area contributed by atoms with Crippen molar-refractivity contribution in [3.05, 3.63) is 84.8 Å². The fraction of sp³-hybridized carbons (Fsp3) is 0.250. The number of nitrogens with one attached hydrogen (secondary N) is 2. The maximum atomic E-state index is 13.2. The van der Waals surface area contributed by atoms with Crippen LogP contribution in [0.2, 0.25) is 0 Å². The van der Waals surface area contributed by atoms with Gasteiger partial charge in [-0.05, 0) is 50.2 Å². The molecule has 11 nitrogen and oxygen atoms in total. The Bertz CT molecular complexity index is 1740. The second-order valence-electron chi connectivity index (χ2n) is 10.1. The molecule has 228 valence electrons. The summed E-state index contributed by atoms with van der Waals surface area (Å²) in [5, 5.41) is 12.1. The van der Waals surface area contributed by atoms with Gasteiger partial charge in [-0.1, -0.05) is 36.0 Å². The number of aromatic nitrogens is 4. The van der Waals surface area contributed by atoms with Gasteiger partial charge in [0.05, 0.1) is 30.6 Å². The first-order valence-corrected chi connectivity index (χ1v) is 14.6. The summed E-state index contributed by atoms with van der Waals surface area (Å²) in [4.78, 5) is 23.0. The van der Waals surface area contributed by atoms with Gasteiger partial charge in [0.15, 0.2) is 11.5 Å². The summed E-state index contributed by atoms with van der Waals surface area (Å²) in [5.41, 5.74) is 2.17. The lowest BCUT2D eigenvalue weighted by Crippen LogP contribution is -2.21. The number of anilines is 2. The molecule has 0 aliphatic heterocycles. The number of amides is 2. The van der Waals surface area contributed by atoms with E-state index in [4.69, 9.17) is 24.0 Å². The van der Waals surface area contributed by atoms with Crippen LogP contribution >= 0.6 is 11.8 Å². The normalized spacial score (nSPS) is 11.4. The number of ether oxygens (including phenoxy) is 4. The third kappa shape index (κ3) is 7.10. The van der Waals surface area contributed by atoms with Crippen LogP contribution < -0.4 is 20.1 Å². The standard InChI is InChI=1S/C32H34N6O5S/c1-32(2,42-5)28-19-29(38(37-28)22-11-7-6-8-12-22)36-31(39)35-21-10-9-13-23(16-21)44-30-24-17-26(41-4)27(43-15-14-40-3)18-25(24)33-20-34-30/h6-13,16-20H,14-15H2,1-5H3,(H2,35,36,39). The molecule has 0 aliphatic carbocycles. The van der Waals surface area contributed by atoms with Crippen molar-refractivity contribution in [2.45, 2.75) is 29.4 Å². The van der Waals surface area contributed by atoms with E-state index in [9.17, 15) is 4.79 Å². The lowest BCUT2D eigenvalue weighted by atomic mass is 10.1. The lowest BCUT2D eigenvalue weighted by molar-refractivity contribution is 0.0152. The zero-order valence-electron chi connectivity index (χ0n) is 25.2. The SMILES string of the molecule is COCCOc1cc2ncnc(Sc3cccc(NC(=O)Nc4cc(C(C)(C)OC)nn4-c4ccccc4)c3)c2cc1OC. The number of rotatable bonds is 12. The Balaban J connectivity index is 1.34. The van der Waals surface area contributed by atoms with Gasteiger partial charge in [0, 0.05) is 42.3 Å². The van der Waals surface area contributed by atoms with Gasteiger partial charge in [-0.2, -0.15) is 5.10 Å². The molecule has 0 radical (unpaired) electrons. The van der Waals surface area contributed by atoms with Gasteiger partial charge in [0.2, 0.25) is 0 Å². The van der Waals surface area contributed by atoms with Crippen molar-refractivity contribution < 1.29 is 23.7 Å². The van der Waals surface area contributed by atoms with E-state index < -0.39 is 11.6 Å². The molecule has 2 N–H and O–H groups in total. The zero-order chi connectivity index (χ0) is 31.1. The van der Waals surface area contributed by atoms with Crippen LogP contribution in [0.1, 0.15) is 19.5 Å². The highest BCUT2D eigenvalue weighted by Gasteiger charge is 2.26. The maximum Gasteiger partial charge on any atom is 0.324 e. The van der Waals surface area contributed by atoms with Crippen molar-refractivity contribution in [1.82, 2.24) is 19.7 Å². The number of hydrogen-bond donors (Lipinski definition) is 2. The summed E-state index contributed by atoms with van der Waals surface area (Å²) in [6, 6.07) is 22.2. The Morgan fingerprint density at radius 3 is 2.48 bits per heavy atom.